The van der Waals surface area contributed by atoms with Crippen LogP contribution in [0.5, 0.6) is 0 Å². The maximum Gasteiger partial charge on any atom is 0.302 e. The highest BCUT2D eigenvalue weighted by Crippen LogP contribution is 2.30. The lowest BCUT2D eigenvalue weighted by atomic mass is 9.84. The average molecular weight is 465 g/mol. The summed E-state index contributed by atoms with van der Waals surface area (Å²) in [4.78, 5) is 11.6. The topological polar surface area (TPSA) is 72.5 Å². The minimum atomic E-state index is -3.77. The molecule has 0 aliphatic carbocycles. The maximum atomic E-state index is 12.7. The van der Waals surface area contributed by atoms with Crippen molar-refractivity contribution in [3.05, 3.63) is 40.0 Å². The van der Waals surface area contributed by atoms with Crippen molar-refractivity contribution in [2.75, 3.05) is 0 Å². The molecule has 1 rings (SSSR count). The van der Waals surface area contributed by atoms with E-state index in [0.717, 1.165) is 5.56 Å². The van der Waals surface area contributed by atoms with Crippen LogP contribution >= 0.6 is 22.6 Å². The summed E-state index contributed by atoms with van der Waals surface area (Å²) in [5.74, 6) is -0.466. The van der Waals surface area contributed by atoms with Crippen molar-refractivity contribution in [2.45, 2.75) is 51.7 Å². The smallest absolute Gasteiger partial charge is 0.302 e. The lowest BCUT2D eigenvalue weighted by Crippen LogP contribution is -2.50. The molecule has 5 nitrogen and oxygen atoms in total. The summed E-state index contributed by atoms with van der Waals surface area (Å²) in [6.07, 6.45) is -0.681. The summed E-state index contributed by atoms with van der Waals surface area (Å²) in [7, 11) is -3.77. The highest BCUT2D eigenvalue weighted by atomic mass is 127. The molecule has 1 aromatic carbocycles. The number of hydrogen-bond acceptors (Lipinski definition) is 4. The number of carbonyl (C=O) groups excluding carboxylic acids is 1. The number of sulfonamides is 1. The van der Waals surface area contributed by atoms with Crippen LogP contribution in [0, 0.1) is 12.3 Å². The Morgan fingerprint density at radius 2 is 1.75 bits per heavy atom. The third-order valence-electron chi connectivity index (χ3n) is 3.40. The molecule has 24 heavy (non-hydrogen) atoms. The van der Waals surface area contributed by atoms with Gasteiger partial charge in [0.25, 0.3) is 0 Å². The van der Waals surface area contributed by atoms with Crippen LogP contribution in [0.1, 0.15) is 33.3 Å². The highest BCUT2D eigenvalue weighted by molar-refractivity contribution is 14.1. The van der Waals surface area contributed by atoms with Gasteiger partial charge in [-0.25, -0.2) is 8.42 Å². The number of nitrogens with one attached hydrogen (secondary N) is 1. The Labute approximate surface area is 158 Å². The van der Waals surface area contributed by atoms with E-state index < -0.39 is 33.6 Å². The predicted octanol–water partition coefficient (Wildman–Crippen LogP) is 3.57. The Hall–Kier alpha value is -0.930. The lowest BCUT2D eigenvalue weighted by molar-refractivity contribution is -0.153. The van der Waals surface area contributed by atoms with Gasteiger partial charge in [0.15, 0.2) is 0 Å². The van der Waals surface area contributed by atoms with E-state index in [9.17, 15) is 13.2 Å². The van der Waals surface area contributed by atoms with E-state index >= 15 is 0 Å². The minimum absolute atomic E-state index is 0.159. The van der Waals surface area contributed by atoms with Gasteiger partial charge in [0.05, 0.1) is 10.9 Å². The number of rotatable bonds is 6. The van der Waals surface area contributed by atoms with E-state index in [2.05, 4.69) is 11.3 Å². The van der Waals surface area contributed by atoms with Gasteiger partial charge in [-0.1, -0.05) is 45.0 Å². The van der Waals surface area contributed by atoms with Gasteiger partial charge in [-0.15, -0.1) is 0 Å². The Morgan fingerprint density at radius 3 is 2.12 bits per heavy atom. The van der Waals surface area contributed by atoms with Crippen LogP contribution in [0.3, 0.4) is 0 Å². The fourth-order valence-corrected chi connectivity index (χ4v) is 4.09. The SMILES string of the molecule is C=C(I)[C@@H](NS(=O)(=O)c1ccc(C)cc1)[C@@H](OC(C)=O)C(C)(C)C. The highest BCUT2D eigenvalue weighted by Gasteiger charge is 2.38. The molecule has 7 heteroatoms. The molecule has 0 spiro atoms. The number of aryl methyl sites for hydroxylation is 1. The van der Waals surface area contributed by atoms with Crippen molar-refractivity contribution in [2.24, 2.45) is 5.41 Å². The molecular weight excluding hydrogens is 441 g/mol. The summed E-state index contributed by atoms with van der Waals surface area (Å²) >= 11 is 1.96. The largest absolute Gasteiger partial charge is 0.460 e. The molecule has 0 aliphatic rings. The molecule has 0 saturated carbocycles. The van der Waals surface area contributed by atoms with Crippen molar-refractivity contribution in [1.82, 2.24) is 4.72 Å². The minimum Gasteiger partial charge on any atom is -0.460 e. The summed E-state index contributed by atoms with van der Waals surface area (Å²) < 4.78 is 33.9. The molecule has 0 aliphatic heterocycles. The van der Waals surface area contributed by atoms with Crippen LogP contribution in [0.25, 0.3) is 0 Å². The van der Waals surface area contributed by atoms with Crippen molar-refractivity contribution >= 4 is 38.6 Å². The monoisotopic (exact) mass is 465 g/mol. The maximum absolute atomic E-state index is 12.7. The number of benzene rings is 1. The first-order valence-electron chi connectivity index (χ1n) is 7.45. The van der Waals surface area contributed by atoms with Gasteiger partial charge in [0.1, 0.15) is 6.10 Å². The fraction of sp³-hybridized carbons (Fsp3) is 0.471. The van der Waals surface area contributed by atoms with E-state index in [1.165, 1.54) is 6.92 Å². The van der Waals surface area contributed by atoms with Crippen molar-refractivity contribution < 1.29 is 17.9 Å². The predicted molar refractivity (Wildman–Crippen MR) is 103 cm³/mol. The third kappa shape index (κ3) is 5.86. The molecule has 1 aromatic rings. The standard InChI is InChI=1S/C17H24INO4S/c1-11-7-9-14(10-8-11)24(21,22)19-15(12(2)18)16(17(4,5)6)23-13(3)20/h7-10,15-16,19H,2H2,1,3-6H3/t15-,16-/m1/s1. The van der Waals surface area contributed by atoms with Crippen molar-refractivity contribution in [3.8, 4) is 0 Å². The first kappa shape index (κ1) is 21.1. The van der Waals surface area contributed by atoms with Crippen LogP contribution in [0.4, 0.5) is 0 Å². The second kappa shape index (κ2) is 7.97. The number of halogens is 1. The molecule has 0 unspecified atom stereocenters. The normalized spacial score (nSPS) is 14.8. The number of ether oxygens (including phenoxy) is 1. The zero-order chi connectivity index (χ0) is 18.7. The zero-order valence-electron chi connectivity index (χ0n) is 14.6. The molecular formula is C17H24INO4S. The number of carbonyl (C=O) groups is 1. The Kier molecular flexibility index (Phi) is 7.01. The zero-order valence-corrected chi connectivity index (χ0v) is 17.6. The van der Waals surface area contributed by atoms with Crippen LogP contribution in [0.15, 0.2) is 39.3 Å². The molecule has 0 fully saturated rings. The van der Waals surface area contributed by atoms with Gasteiger partial charge in [-0.05, 0) is 41.6 Å². The number of hydrogen-bond donors (Lipinski definition) is 1. The Morgan fingerprint density at radius 1 is 1.25 bits per heavy atom. The first-order chi connectivity index (χ1) is 10.8. The second-order valence-corrected chi connectivity index (χ2v) is 9.85. The average Bonchev–Trinajstić information content (AvgIpc) is 2.41. The van der Waals surface area contributed by atoms with Crippen molar-refractivity contribution in [3.63, 3.8) is 0 Å². The first-order valence-corrected chi connectivity index (χ1v) is 10.0. The molecule has 0 heterocycles. The molecule has 1 N–H and O–H groups in total. The van der Waals surface area contributed by atoms with Crippen LogP contribution in [0.2, 0.25) is 0 Å². The van der Waals surface area contributed by atoms with Crippen LogP contribution < -0.4 is 4.72 Å². The summed E-state index contributed by atoms with van der Waals surface area (Å²) in [6.45, 7) is 12.7. The summed E-state index contributed by atoms with van der Waals surface area (Å²) in [5, 5.41) is 0. The molecule has 0 radical (unpaired) electrons. The molecule has 2 atom stereocenters. The van der Waals surface area contributed by atoms with Gasteiger partial charge in [-0.2, -0.15) is 4.72 Å². The van der Waals surface area contributed by atoms with E-state index in [4.69, 9.17) is 4.74 Å². The quantitative estimate of drug-likeness (QED) is 0.515. The van der Waals surface area contributed by atoms with Crippen molar-refractivity contribution in [1.29, 1.82) is 0 Å². The molecule has 0 saturated heterocycles. The van der Waals surface area contributed by atoms with Gasteiger partial charge < -0.3 is 4.74 Å². The summed E-state index contributed by atoms with van der Waals surface area (Å²) in [6, 6.07) is 5.82. The van der Waals surface area contributed by atoms with E-state index in [1.807, 2.05) is 50.3 Å². The molecule has 0 bridgehead atoms. The molecule has 0 amide bonds. The fourth-order valence-electron chi connectivity index (χ4n) is 2.17. The van der Waals surface area contributed by atoms with Gasteiger partial charge in [0.2, 0.25) is 10.0 Å². The van der Waals surface area contributed by atoms with E-state index in [1.54, 1.807) is 24.3 Å². The van der Waals surface area contributed by atoms with Gasteiger partial charge in [-0.3, -0.25) is 4.79 Å². The molecule has 0 aromatic heterocycles. The Balaban J connectivity index is 3.22. The summed E-state index contributed by atoms with van der Waals surface area (Å²) in [5.41, 5.74) is 0.497. The van der Waals surface area contributed by atoms with E-state index in [-0.39, 0.29) is 4.90 Å². The third-order valence-corrected chi connectivity index (χ3v) is 5.53. The van der Waals surface area contributed by atoms with Gasteiger partial charge >= 0.3 is 5.97 Å². The number of esters is 1. The second-order valence-electron chi connectivity index (χ2n) is 6.75. The van der Waals surface area contributed by atoms with E-state index in [0.29, 0.717) is 3.58 Å². The Bertz CT molecular complexity index is 705. The lowest BCUT2D eigenvalue weighted by Gasteiger charge is -2.36. The molecule has 134 valence electrons. The van der Waals surface area contributed by atoms with Crippen LogP contribution in [-0.4, -0.2) is 26.5 Å². The van der Waals surface area contributed by atoms with Crippen LogP contribution in [-0.2, 0) is 19.6 Å². The van der Waals surface area contributed by atoms with Gasteiger partial charge in [0, 0.05) is 15.9 Å².